The van der Waals surface area contributed by atoms with Gasteiger partial charge in [-0.15, -0.1) is 0 Å². The smallest absolute Gasteiger partial charge is 0.145 e. The number of benzene rings is 10. The molecular formula is C93H103N9O3. The zero-order valence-electron chi connectivity index (χ0n) is 63.6. The van der Waals surface area contributed by atoms with Gasteiger partial charge in [0.1, 0.15) is 34.7 Å². The molecule has 0 saturated carbocycles. The highest BCUT2D eigenvalue weighted by atomic mass is 16.3. The number of rotatable bonds is 24. The molecule has 4 N–H and O–H groups in total. The van der Waals surface area contributed by atoms with Gasteiger partial charge in [-0.1, -0.05) is 146 Å². The topological polar surface area (TPSA) is 135 Å². The number of nitrogens with one attached hydrogen (secondary N) is 1. The molecule has 0 unspecified atom stereocenters. The molecule has 0 saturated heterocycles. The molecule has 13 aromatic rings. The van der Waals surface area contributed by atoms with Gasteiger partial charge >= 0.3 is 0 Å². The Bertz CT molecular complexity index is 4910. The van der Waals surface area contributed by atoms with E-state index in [2.05, 4.69) is 245 Å². The van der Waals surface area contributed by atoms with Gasteiger partial charge in [-0.2, -0.15) is 0 Å². The number of anilines is 3. The van der Waals surface area contributed by atoms with E-state index in [9.17, 15) is 15.3 Å². The molecule has 10 aromatic carbocycles. The number of aromatic nitrogens is 6. The van der Waals surface area contributed by atoms with Crippen molar-refractivity contribution < 1.29 is 15.3 Å². The van der Waals surface area contributed by atoms with Crippen LogP contribution in [0.15, 0.2) is 231 Å². The average Bonchev–Trinajstić information content (AvgIpc) is 1.62. The van der Waals surface area contributed by atoms with Gasteiger partial charge in [0.05, 0.1) is 28.5 Å². The summed E-state index contributed by atoms with van der Waals surface area (Å²) in [6.07, 6.45) is 5.35. The van der Waals surface area contributed by atoms with Crippen molar-refractivity contribution in [2.75, 3.05) is 55.0 Å². The Morgan fingerprint density at radius 2 is 0.705 bits per heavy atom. The molecule has 12 nitrogen and oxygen atoms in total. The maximum atomic E-state index is 10.5. The largest absolute Gasteiger partial charge is 0.507 e. The van der Waals surface area contributed by atoms with Crippen LogP contribution in [0.5, 0.6) is 17.2 Å². The molecule has 0 radical (unpaired) electrons. The Balaban J connectivity index is 0.000000158. The second-order valence-electron chi connectivity index (χ2n) is 27.5. The molecule has 12 heteroatoms. The Morgan fingerprint density at radius 1 is 0.352 bits per heavy atom. The Hall–Kier alpha value is -11.4. The van der Waals surface area contributed by atoms with Crippen molar-refractivity contribution in [2.45, 2.75) is 121 Å². The summed E-state index contributed by atoms with van der Waals surface area (Å²) in [6, 6.07) is 80.7. The second-order valence-corrected chi connectivity index (χ2v) is 27.5. The Morgan fingerprint density at radius 3 is 1.11 bits per heavy atom. The number of H-pyrrole nitrogens is 1. The van der Waals surface area contributed by atoms with Gasteiger partial charge in [0.15, 0.2) is 0 Å². The summed E-state index contributed by atoms with van der Waals surface area (Å²) in [5.41, 5.74) is 26.9. The lowest BCUT2D eigenvalue weighted by molar-refractivity contribution is 0.466. The lowest BCUT2D eigenvalue weighted by Crippen LogP contribution is -2.21. The van der Waals surface area contributed by atoms with Gasteiger partial charge in [0.2, 0.25) is 0 Å². The average molecular weight is 1390 g/mol. The number of phenols is 3. The van der Waals surface area contributed by atoms with Crippen LogP contribution in [0.2, 0.25) is 0 Å². The highest BCUT2D eigenvalue weighted by Gasteiger charge is 2.25. The van der Waals surface area contributed by atoms with E-state index in [1.54, 1.807) is 0 Å². The Labute approximate surface area is 622 Å². The minimum Gasteiger partial charge on any atom is -0.507 e. The second kappa shape index (κ2) is 34.7. The fourth-order valence-electron chi connectivity index (χ4n) is 14.2. The van der Waals surface area contributed by atoms with Gasteiger partial charge < -0.3 is 39.6 Å². The number of imidazole rings is 3. The molecule has 0 bridgehead atoms. The first kappa shape index (κ1) is 74.8. The van der Waals surface area contributed by atoms with Crippen LogP contribution < -0.4 is 14.7 Å². The lowest BCUT2D eigenvalue weighted by atomic mass is 10.0. The number of aromatic hydroxyl groups is 3. The molecule has 13 rings (SSSR count). The molecule has 0 fully saturated rings. The van der Waals surface area contributed by atoms with Crippen LogP contribution in [0.25, 0.3) is 73.6 Å². The van der Waals surface area contributed by atoms with Crippen LogP contribution in [-0.2, 0) is 45.1 Å². The summed E-state index contributed by atoms with van der Waals surface area (Å²) in [4.78, 5) is 25.9. The summed E-state index contributed by atoms with van der Waals surface area (Å²) in [5.74, 6) is 3.73. The quantitative estimate of drug-likeness (QED) is 0.0466. The van der Waals surface area contributed by atoms with Crippen molar-refractivity contribution in [1.29, 1.82) is 0 Å². The summed E-state index contributed by atoms with van der Waals surface area (Å²) < 4.78 is 4.62. The van der Waals surface area contributed by atoms with Crippen LogP contribution in [0.1, 0.15) is 102 Å². The number of phenolic OH excluding ortho intramolecular Hbond substituents is 3. The molecule has 105 heavy (non-hydrogen) atoms. The van der Waals surface area contributed by atoms with Crippen LogP contribution in [0, 0.1) is 41.5 Å². The van der Waals surface area contributed by atoms with Crippen LogP contribution in [-0.4, -0.2) is 84.7 Å². The molecule has 0 atom stereocenters. The van der Waals surface area contributed by atoms with Gasteiger partial charge in [-0.05, 0) is 250 Å². The predicted molar refractivity (Wildman–Crippen MR) is 439 cm³/mol. The standard InChI is InChI=1S/C35H37N3O.C31H37N3O.C27H29N3O/c1-5-37(6-2)30-20-18-28(19-21-30)33-32(22-17-27-13-9-7-10-14-27)36-35(38(33)31-15-11-8-12-16-31)29-23-25(3)34(39)26(4)24-29;1-6-33(7-2)27-17-15-25(16-18-27)29-28(19-14-24-12-10-9-11-13-24)32-31(34(29)8-3)26-20-22(4)30(35)23(5)21-26;1-18-16-22(17-19(2)26(18)31)27-28-24(15-10-20-8-6-5-7-9-20)25(29-27)21-11-13-23(14-12-21)30(3)4/h7-16,18-21,23-24,39H,5-6,17,22H2,1-4H3;9-13,15-18,20-21,35H,6-8,14,19H2,1-5H3;5-9,11-14,16-17,31H,10,15H2,1-4H3,(H,28,29). The zero-order valence-corrected chi connectivity index (χ0v) is 63.6. The summed E-state index contributed by atoms with van der Waals surface area (Å²) in [5, 5.41) is 31.0. The fraction of sp³-hybridized carbons (Fsp3) is 0.258. The van der Waals surface area contributed by atoms with E-state index >= 15 is 0 Å². The maximum Gasteiger partial charge on any atom is 0.145 e. The molecule has 0 aliphatic rings. The third kappa shape index (κ3) is 17.6. The van der Waals surface area contributed by atoms with E-state index in [1.165, 1.54) is 39.3 Å². The van der Waals surface area contributed by atoms with Gasteiger partial charge in [-0.3, -0.25) is 4.57 Å². The van der Waals surface area contributed by atoms with E-state index in [-0.39, 0.29) is 0 Å². The van der Waals surface area contributed by atoms with E-state index in [0.29, 0.717) is 17.2 Å². The van der Waals surface area contributed by atoms with E-state index in [4.69, 9.17) is 15.0 Å². The van der Waals surface area contributed by atoms with E-state index in [1.807, 2.05) is 104 Å². The number of aryl methyl sites for hydroxylation is 12. The van der Waals surface area contributed by atoms with Crippen molar-refractivity contribution >= 4 is 17.1 Å². The van der Waals surface area contributed by atoms with E-state index in [0.717, 1.165) is 190 Å². The fourth-order valence-corrected chi connectivity index (χ4v) is 14.2. The van der Waals surface area contributed by atoms with Crippen LogP contribution >= 0.6 is 0 Å². The highest BCUT2D eigenvalue weighted by Crippen LogP contribution is 2.40. The lowest BCUT2D eigenvalue weighted by Gasteiger charge is -2.21. The molecule has 0 spiro atoms. The van der Waals surface area contributed by atoms with Gasteiger partial charge in [0.25, 0.3) is 0 Å². The summed E-state index contributed by atoms with van der Waals surface area (Å²) in [6.45, 7) is 27.4. The third-order valence-electron chi connectivity index (χ3n) is 20.1. The highest BCUT2D eigenvalue weighted by molar-refractivity contribution is 5.77. The number of hydrogen-bond acceptors (Lipinski definition) is 9. The zero-order chi connectivity index (χ0) is 74.3. The normalized spacial score (nSPS) is 11.1. The molecule has 0 aliphatic heterocycles. The van der Waals surface area contributed by atoms with E-state index < -0.39 is 0 Å². The third-order valence-corrected chi connectivity index (χ3v) is 20.1. The minimum atomic E-state index is 0.341. The Kier molecular flexibility index (Phi) is 24.7. The van der Waals surface area contributed by atoms with Crippen molar-refractivity contribution in [2.24, 2.45) is 0 Å². The maximum absolute atomic E-state index is 10.5. The first-order valence-electron chi connectivity index (χ1n) is 37.3. The van der Waals surface area contributed by atoms with Crippen LogP contribution in [0.3, 0.4) is 0 Å². The summed E-state index contributed by atoms with van der Waals surface area (Å²) >= 11 is 0. The van der Waals surface area contributed by atoms with Crippen molar-refractivity contribution in [3.63, 3.8) is 0 Å². The molecule has 0 amide bonds. The minimum absolute atomic E-state index is 0.341. The summed E-state index contributed by atoms with van der Waals surface area (Å²) in [7, 11) is 4.09. The monoisotopic (exact) mass is 1390 g/mol. The number of para-hydroxylation sites is 1. The molecule has 3 heterocycles. The van der Waals surface area contributed by atoms with Gasteiger partial charge in [0, 0.05) is 109 Å². The van der Waals surface area contributed by atoms with Crippen LogP contribution in [0.4, 0.5) is 17.1 Å². The molecular weight excluding hydrogens is 1290 g/mol. The van der Waals surface area contributed by atoms with Crippen molar-refractivity contribution in [3.8, 4) is 90.9 Å². The molecule has 0 aliphatic carbocycles. The van der Waals surface area contributed by atoms with Crippen molar-refractivity contribution in [1.82, 2.24) is 29.1 Å². The number of hydrogen-bond donors (Lipinski definition) is 4. The SMILES string of the molecule is CCN(CC)c1ccc(-c2c(CCc3ccccc3)nc(-c3cc(C)c(O)c(C)c3)n2-c2ccccc2)cc1.CCN(CC)c1ccc(-c2c(CCc3ccccc3)nc(-c3cc(C)c(O)c(C)c3)n2CC)cc1.Cc1cc(-c2nc(-c3ccc(N(C)C)cc3)c(CCc3ccccc3)[nH]2)cc(C)c1O. The van der Waals surface area contributed by atoms with Gasteiger partial charge in [-0.25, -0.2) is 15.0 Å². The first-order chi connectivity index (χ1) is 50.9. The number of nitrogens with zero attached hydrogens (tertiary/aromatic N) is 8. The predicted octanol–water partition coefficient (Wildman–Crippen LogP) is 21.3. The molecule has 3 aromatic heterocycles. The first-order valence-corrected chi connectivity index (χ1v) is 37.3. The molecule has 538 valence electrons. The number of aromatic amines is 1. The van der Waals surface area contributed by atoms with Crippen molar-refractivity contribution in [3.05, 3.63) is 298 Å².